The number of imidazole rings is 1. The van der Waals surface area contributed by atoms with E-state index < -0.39 is 29.9 Å². The van der Waals surface area contributed by atoms with Crippen LogP contribution in [0.25, 0.3) is 0 Å². The second kappa shape index (κ2) is 15.7. The topological polar surface area (TPSA) is 213 Å². The summed E-state index contributed by atoms with van der Waals surface area (Å²) in [6.07, 6.45) is 11.7. The molecule has 13 heteroatoms. The van der Waals surface area contributed by atoms with Crippen LogP contribution in [0, 0.1) is 19.8 Å². The normalized spacial score (nSPS) is 15.9. The first-order valence-electron chi connectivity index (χ1n) is 15.6. The van der Waals surface area contributed by atoms with Gasteiger partial charge < -0.3 is 42.0 Å². The van der Waals surface area contributed by atoms with Crippen LogP contribution in [0.15, 0.2) is 29.0 Å². The third kappa shape index (κ3) is 9.02. The number of carbonyl (C=O) groups is 2. The molecule has 13 nitrogen and oxygen atoms in total. The van der Waals surface area contributed by atoms with E-state index in [9.17, 15) is 14.7 Å². The molecule has 9 N–H and O–H groups in total. The highest BCUT2D eigenvalue weighted by molar-refractivity contribution is 5.90. The number of benzene rings is 1. The fourth-order valence-corrected chi connectivity index (χ4v) is 5.96. The van der Waals surface area contributed by atoms with Gasteiger partial charge in [0.15, 0.2) is 11.8 Å². The average molecular weight is 610 g/mol. The van der Waals surface area contributed by atoms with E-state index in [0.717, 1.165) is 36.0 Å². The summed E-state index contributed by atoms with van der Waals surface area (Å²) < 4.78 is 7.38. The fourth-order valence-electron chi connectivity index (χ4n) is 5.96. The number of phenolic OH excluding ortho intramolecular Hbond substituents is 1. The van der Waals surface area contributed by atoms with Crippen LogP contribution in [0.5, 0.6) is 5.75 Å². The number of nitrogens with zero attached hydrogens (tertiary/aromatic N) is 4. The third-order valence-corrected chi connectivity index (χ3v) is 8.47. The zero-order chi connectivity index (χ0) is 31.6. The van der Waals surface area contributed by atoms with Crippen LogP contribution in [0.2, 0.25) is 0 Å². The number of anilines is 1. The summed E-state index contributed by atoms with van der Waals surface area (Å²) >= 11 is 0. The Labute approximate surface area is 258 Å². The Balaban J connectivity index is 1.46. The first kappa shape index (κ1) is 32.9. The van der Waals surface area contributed by atoms with Gasteiger partial charge >= 0.3 is 0 Å². The fraction of sp³-hybridized carbons (Fsp3) is 0.581. The van der Waals surface area contributed by atoms with Gasteiger partial charge in [-0.3, -0.25) is 9.59 Å². The van der Waals surface area contributed by atoms with Gasteiger partial charge in [0.1, 0.15) is 17.8 Å². The number of amides is 2. The third-order valence-electron chi connectivity index (χ3n) is 8.47. The summed E-state index contributed by atoms with van der Waals surface area (Å²) in [4.78, 5) is 35.7. The van der Waals surface area contributed by atoms with E-state index in [1.807, 2.05) is 13.8 Å². The Morgan fingerprint density at radius 2 is 1.84 bits per heavy atom. The molecule has 3 atom stereocenters. The van der Waals surface area contributed by atoms with Crippen LogP contribution in [0.3, 0.4) is 0 Å². The van der Waals surface area contributed by atoms with Gasteiger partial charge in [-0.25, -0.2) is 4.98 Å². The molecular formula is C31H47N9O4. The number of rotatable bonds is 15. The molecule has 1 fully saturated rings. The minimum Gasteiger partial charge on any atom is -0.508 e. The summed E-state index contributed by atoms with van der Waals surface area (Å²) in [6.45, 7) is 4.56. The second-order valence-corrected chi connectivity index (χ2v) is 11.9. The van der Waals surface area contributed by atoms with Crippen molar-refractivity contribution in [2.45, 2.75) is 103 Å². The van der Waals surface area contributed by atoms with E-state index in [2.05, 4.69) is 25.8 Å². The van der Waals surface area contributed by atoms with Crippen LogP contribution in [0.4, 0.5) is 5.95 Å². The Hall–Kier alpha value is -3.97. The highest BCUT2D eigenvalue weighted by atomic mass is 16.5. The number of aryl methyl sites for hydroxylation is 3. The minimum absolute atomic E-state index is 0.137. The van der Waals surface area contributed by atoms with Gasteiger partial charge in [-0.15, -0.1) is 0 Å². The number of carbonyl (C=O) groups excluding carboxylic acids is 2. The predicted molar refractivity (Wildman–Crippen MR) is 166 cm³/mol. The molecule has 2 heterocycles. The van der Waals surface area contributed by atoms with Crippen molar-refractivity contribution in [3.63, 3.8) is 0 Å². The van der Waals surface area contributed by atoms with Crippen LogP contribution < -0.4 is 27.8 Å². The number of nitrogen functional groups attached to an aromatic ring is 1. The molecule has 1 aliphatic rings. The number of nitrogens with one attached hydrogen (secondary N) is 2. The molecule has 2 amide bonds. The molecule has 4 rings (SSSR count). The van der Waals surface area contributed by atoms with E-state index in [0.29, 0.717) is 49.4 Å². The maximum Gasteiger partial charge on any atom is 0.249 e. The van der Waals surface area contributed by atoms with Gasteiger partial charge in [-0.2, -0.15) is 4.98 Å². The molecule has 3 aromatic rings. The molecule has 0 unspecified atom stereocenters. The first-order valence-corrected chi connectivity index (χ1v) is 15.6. The van der Waals surface area contributed by atoms with Gasteiger partial charge in [0.2, 0.25) is 17.7 Å². The molecule has 1 aromatic carbocycles. The molecule has 240 valence electrons. The maximum atomic E-state index is 13.8. The average Bonchev–Trinajstić information content (AvgIpc) is 3.63. The Bertz CT molecular complexity index is 1360. The van der Waals surface area contributed by atoms with Gasteiger partial charge in [-0.05, 0) is 74.4 Å². The Morgan fingerprint density at radius 1 is 1.11 bits per heavy atom. The van der Waals surface area contributed by atoms with Crippen molar-refractivity contribution < 1.29 is 19.2 Å². The second-order valence-electron chi connectivity index (χ2n) is 11.9. The van der Waals surface area contributed by atoms with Crippen molar-refractivity contribution in [3.05, 3.63) is 52.9 Å². The summed E-state index contributed by atoms with van der Waals surface area (Å²) in [5.74, 6) is 1.13. The van der Waals surface area contributed by atoms with Crippen molar-refractivity contribution in [1.82, 2.24) is 30.3 Å². The number of aromatic hydroxyl groups is 1. The Kier molecular flexibility index (Phi) is 11.7. The van der Waals surface area contributed by atoms with Gasteiger partial charge in [-0.1, -0.05) is 37.3 Å². The molecule has 1 saturated carbocycles. The number of phenols is 1. The number of hydrogen-bond donors (Lipinski definition) is 6. The zero-order valence-electron chi connectivity index (χ0n) is 25.8. The van der Waals surface area contributed by atoms with E-state index in [1.54, 1.807) is 29.1 Å². The zero-order valence-corrected chi connectivity index (χ0v) is 25.8. The van der Waals surface area contributed by atoms with Crippen molar-refractivity contribution >= 4 is 17.8 Å². The van der Waals surface area contributed by atoms with Crippen molar-refractivity contribution in [3.8, 4) is 5.75 Å². The van der Waals surface area contributed by atoms with Crippen LogP contribution >= 0.6 is 0 Å². The summed E-state index contributed by atoms with van der Waals surface area (Å²) in [5, 5.41) is 20.1. The van der Waals surface area contributed by atoms with E-state index in [-0.39, 0.29) is 18.7 Å². The molecule has 0 radical (unpaired) electrons. The monoisotopic (exact) mass is 609 g/mol. The predicted octanol–water partition coefficient (Wildman–Crippen LogP) is 2.33. The van der Waals surface area contributed by atoms with Gasteiger partial charge in [0.05, 0.1) is 6.04 Å². The van der Waals surface area contributed by atoms with E-state index >= 15 is 0 Å². The standard InChI is InChI=1S/C31H47N9O4/c1-19-15-22(41)16-20(2)23(19)18-26(37-28(42)24(33)9-6-13-40-14-12-35-31(40)34)29(43)36-25(10-11-32)30-38-27(39-44-30)17-21-7-4-3-5-8-21/h12,14-16,21,24-26,41H,3-11,13,17-18,32-33H2,1-2H3,(H2,34,35)(H,36,43)(H,37,42)/t24-,25+,26+/m1/s1. The number of nitrogens with two attached hydrogens (primary N) is 3. The number of hydrogen-bond acceptors (Lipinski definition) is 10. The van der Waals surface area contributed by atoms with Gasteiger partial charge in [0, 0.05) is 31.8 Å². The lowest BCUT2D eigenvalue weighted by Crippen LogP contribution is -2.53. The van der Waals surface area contributed by atoms with E-state index in [4.69, 9.17) is 21.7 Å². The molecule has 0 aliphatic heterocycles. The van der Waals surface area contributed by atoms with Gasteiger partial charge in [0.25, 0.3) is 0 Å². The number of aromatic nitrogens is 4. The van der Waals surface area contributed by atoms with Crippen LogP contribution in [-0.2, 0) is 29.0 Å². The Morgan fingerprint density at radius 3 is 2.50 bits per heavy atom. The highest BCUT2D eigenvalue weighted by Gasteiger charge is 2.29. The SMILES string of the molecule is Cc1cc(O)cc(C)c1C[C@H](NC(=O)[C@H](N)CCCn1ccnc1N)C(=O)N[C@@H](CCN)c1nc(CC2CCCCC2)no1. The van der Waals surface area contributed by atoms with E-state index in [1.165, 1.54) is 19.3 Å². The molecule has 44 heavy (non-hydrogen) atoms. The highest BCUT2D eigenvalue weighted by Crippen LogP contribution is 2.27. The summed E-state index contributed by atoms with van der Waals surface area (Å²) in [6, 6.07) is 0.863. The quantitative estimate of drug-likeness (QED) is 0.148. The first-order chi connectivity index (χ1) is 21.1. The molecule has 2 aromatic heterocycles. The lowest BCUT2D eigenvalue weighted by Gasteiger charge is -2.24. The molecule has 1 aliphatic carbocycles. The summed E-state index contributed by atoms with van der Waals surface area (Å²) in [7, 11) is 0. The van der Waals surface area contributed by atoms with Crippen LogP contribution in [0.1, 0.15) is 85.8 Å². The largest absolute Gasteiger partial charge is 0.508 e. The smallest absolute Gasteiger partial charge is 0.249 e. The molecular weight excluding hydrogens is 562 g/mol. The summed E-state index contributed by atoms with van der Waals surface area (Å²) in [5.41, 5.74) is 20.4. The molecule has 0 saturated heterocycles. The van der Waals surface area contributed by atoms with Crippen LogP contribution in [-0.4, -0.2) is 55.2 Å². The molecule has 0 spiro atoms. The maximum absolute atomic E-state index is 13.8. The van der Waals surface area contributed by atoms with Crippen molar-refractivity contribution in [2.24, 2.45) is 17.4 Å². The minimum atomic E-state index is -0.954. The van der Waals surface area contributed by atoms with Crippen molar-refractivity contribution in [2.75, 3.05) is 12.3 Å². The lowest BCUT2D eigenvalue weighted by atomic mass is 9.87. The lowest BCUT2D eigenvalue weighted by molar-refractivity contribution is -0.130. The van der Waals surface area contributed by atoms with Crippen molar-refractivity contribution in [1.29, 1.82) is 0 Å². The molecule has 0 bridgehead atoms.